The van der Waals surface area contributed by atoms with Crippen LogP contribution >= 0.6 is 0 Å². The lowest BCUT2D eigenvalue weighted by atomic mass is 9.86. The van der Waals surface area contributed by atoms with Crippen LogP contribution in [-0.2, 0) is 4.74 Å². The maximum absolute atomic E-state index is 12.2. The number of carbonyl (C=O) groups is 1. The molecule has 4 nitrogen and oxygen atoms in total. The van der Waals surface area contributed by atoms with E-state index in [0.717, 1.165) is 18.1 Å². The average Bonchev–Trinajstić information content (AvgIpc) is 2.68. The molecule has 0 spiro atoms. The molecule has 2 aliphatic rings. The van der Waals surface area contributed by atoms with Gasteiger partial charge in [-0.1, -0.05) is 31.6 Å². The van der Waals surface area contributed by atoms with Gasteiger partial charge in [0.1, 0.15) is 11.4 Å². The molecule has 1 saturated carbocycles. The van der Waals surface area contributed by atoms with E-state index in [1.165, 1.54) is 43.2 Å². The summed E-state index contributed by atoms with van der Waals surface area (Å²) in [5, 5.41) is 0. The molecule has 0 radical (unpaired) electrons. The quantitative estimate of drug-likeness (QED) is 0.632. The monoisotopic (exact) mass is 385 g/mol. The molecule has 0 aromatic heterocycles. The summed E-state index contributed by atoms with van der Waals surface area (Å²) in [7, 11) is 0. The van der Waals surface area contributed by atoms with Gasteiger partial charge in [0.05, 0.1) is 6.10 Å². The van der Waals surface area contributed by atoms with Crippen molar-refractivity contribution >= 4 is 11.7 Å². The molecule has 1 amide bonds. The number of benzene rings is 1. The highest BCUT2D eigenvalue weighted by Gasteiger charge is 2.24. The van der Waals surface area contributed by atoms with E-state index in [1.807, 2.05) is 20.8 Å². The Kier molecular flexibility index (Phi) is 6.69. The minimum absolute atomic E-state index is 0.232. The molecule has 3 rings (SSSR count). The van der Waals surface area contributed by atoms with E-state index in [2.05, 4.69) is 37.3 Å². The Hall–Kier alpha value is -1.97. The summed E-state index contributed by atoms with van der Waals surface area (Å²) < 4.78 is 11.7. The molecular weight excluding hydrogens is 350 g/mol. The van der Waals surface area contributed by atoms with Crippen LogP contribution in [0.1, 0.15) is 71.8 Å². The number of amides is 1. The number of nitrogens with zero attached hydrogens (tertiary/aromatic N) is 1. The molecule has 28 heavy (non-hydrogen) atoms. The van der Waals surface area contributed by atoms with Gasteiger partial charge in [0, 0.05) is 13.1 Å². The summed E-state index contributed by atoms with van der Waals surface area (Å²) in [6.45, 7) is 9.28. The van der Waals surface area contributed by atoms with E-state index in [9.17, 15) is 4.79 Å². The number of hydrogen-bond acceptors (Lipinski definition) is 3. The fraction of sp³-hybridized carbons (Fsp3) is 0.625. The zero-order valence-electron chi connectivity index (χ0n) is 17.9. The highest BCUT2D eigenvalue weighted by atomic mass is 16.6. The first-order chi connectivity index (χ1) is 13.3. The molecule has 154 valence electrons. The van der Waals surface area contributed by atoms with Crippen LogP contribution in [0.5, 0.6) is 5.75 Å². The fourth-order valence-electron chi connectivity index (χ4n) is 4.02. The Morgan fingerprint density at radius 1 is 1.11 bits per heavy atom. The third-order valence-corrected chi connectivity index (χ3v) is 5.76. The molecule has 1 aromatic rings. The molecule has 0 N–H and O–H groups in total. The van der Waals surface area contributed by atoms with Crippen LogP contribution in [0.3, 0.4) is 0 Å². The van der Waals surface area contributed by atoms with E-state index in [0.29, 0.717) is 19.2 Å². The molecule has 0 bridgehead atoms. The zero-order valence-corrected chi connectivity index (χ0v) is 17.9. The molecule has 1 heterocycles. The van der Waals surface area contributed by atoms with Gasteiger partial charge in [0.25, 0.3) is 0 Å². The van der Waals surface area contributed by atoms with Crippen LogP contribution in [0.25, 0.3) is 5.57 Å². The Balaban J connectivity index is 1.52. The van der Waals surface area contributed by atoms with Gasteiger partial charge in [-0.2, -0.15) is 0 Å². The maximum atomic E-state index is 12.2. The highest BCUT2D eigenvalue weighted by molar-refractivity contribution is 5.72. The second-order valence-electron chi connectivity index (χ2n) is 9.10. The SMILES string of the molecule is CCC1CCC(Oc2ccc(C3=CCN(C(=O)OC(C)(C)C)CC3)cc2)CC1. The zero-order chi connectivity index (χ0) is 20.1. The van der Waals surface area contributed by atoms with Crippen LogP contribution in [-0.4, -0.2) is 35.8 Å². The Morgan fingerprint density at radius 3 is 2.32 bits per heavy atom. The molecule has 0 atom stereocenters. The van der Waals surface area contributed by atoms with Crippen molar-refractivity contribution in [3.63, 3.8) is 0 Å². The van der Waals surface area contributed by atoms with Crippen molar-refractivity contribution in [3.8, 4) is 5.75 Å². The second kappa shape index (κ2) is 9.02. The topological polar surface area (TPSA) is 38.8 Å². The molecule has 1 aliphatic heterocycles. The van der Waals surface area contributed by atoms with Gasteiger partial charge in [0.15, 0.2) is 0 Å². The summed E-state index contributed by atoms with van der Waals surface area (Å²) in [4.78, 5) is 14.0. The molecule has 1 aliphatic carbocycles. The average molecular weight is 386 g/mol. The summed E-state index contributed by atoms with van der Waals surface area (Å²) >= 11 is 0. The minimum atomic E-state index is -0.452. The minimum Gasteiger partial charge on any atom is -0.490 e. The standard InChI is InChI=1S/C24H35NO3/c1-5-18-6-10-21(11-7-18)27-22-12-8-19(9-13-22)20-14-16-25(17-15-20)23(26)28-24(2,3)4/h8-9,12-14,18,21H,5-7,10-11,15-17H2,1-4H3. The van der Waals surface area contributed by atoms with Gasteiger partial charge < -0.3 is 14.4 Å². The summed E-state index contributed by atoms with van der Waals surface area (Å²) in [5.74, 6) is 1.86. The fourth-order valence-corrected chi connectivity index (χ4v) is 4.02. The number of rotatable bonds is 4. The lowest BCUT2D eigenvalue weighted by molar-refractivity contribution is 0.0270. The van der Waals surface area contributed by atoms with E-state index in [4.69, 9.17) is 9.47 Å². The first-order valence-electron chi connectivity index (χ1n) is 10.8. The van der Waals surface area contributed by atoms with Crippen molar-refractivity contribution in [3.05, 3.63) is 35.9 Å². The summed E-state index contributed by atoms with van der Waals surface area (Å²) in [5.41, 5.74) is 2.05. The maximum Gasteiger partial charge on any atom is 0.410 e. The van der Waals surface area contributed by atoms with Crippen LogP contribution in [0.2, 0.25) is 0 Å². The molecule has 1 aromatic carbocycles. The lowest BCUT2D eigenvalue weighted by Crippen LogP contribution is -2.39. The Morgan fingerprint density at radius 2 is 1.79 bits per heavy atom. The number of hydrogen-bond donors (Lipinski definition) is 0. The predicted octanol–water partition coefficient (Wildman–Crippen LogP) is 6.06. The highest BCUT2D eigenvalue weighted by Crippen LogP contribution is 2.30. The third-order valence-electron chi connectivity index (χ3n) is 5.76. The van der Waals surface area contributed by atoms with Gasteiger partial charge in [-0.15, -0.1) is 0 Å². The molecule has 1 fully saturated rings. The molecule has 0 saturated heterocycles. The van der Waals surface area contributed by atoms with Crippen molar-refractivity contribution in [1.82, 2.24) is 4.90 Å². The van der Waals surface area contributed by atoms with Gasteiger partial charge in [-0.25, -0.2) is 4.79 Å². The lowest BCUT2D eigenvalue weighted by Gasteiger charge is -2.30. The van der Waals surface area contributed by atoms with Crippen LogP contribution in [0.4, 0.5) is 4.79 Å². The van der Waals surface area contributed by atoms with Crippen LogP contribution in [0, 0.1) is 5.92 Å². The second-order valence-corrected chi connectivity index (χ2v) is 9.10. The van der Waals surface area contributed by atoms with Gasteiger partial charge in [0.2, 0.25) is 0 Å². The van der Waals surface area contributed by atoms with E-state index in [-0.39, 0.29) is 6.09 Å². The molecule has 0 unspecified atom stereocenters. The normalized spacial score (nSPS) is 23.1. The number of carbonyl (C=O) groups excluding carboxylic acids is 1. The first kappa shape index (κ1) is 20.8. The van der Waals surface area contributed by atoms with Crippen molar-refractivity contribution in [1.29, 1.82) is 0 Å². The number of ether oxygens (including phenoxy) is 2. The molecule has 4 heteroatoms. The van der Waals surface area contributed by atoms with Gasteiger partial charge in [-0.05, 0) is 82.1 Å². The smallest absolute Gasteiger partial charge is 0.410 e. The van der Waals surface area contributed by atoms with Gasteiger partial charge >= 0.3 is 6.09 Å². The summed E-state index contributed by atoms with van der Waals surface area (Å²) in [6, 6.07) is 8.45. The van der Waals surface area contributed by atoms with E-state index >= 15 is 0 Å². The van der Waals surface area contributed by atoms with Crippen molar-refractivity contribution in [2.24, 2.45) is 5.92 Å². The van der Waals surface area contributed by atoms with Crippen LogP contribution in [0.15, 0.2) is 30.3 Å². The largest absolute Gasteiger partial charge is 0.490 e. The first-order valence-corrected chi connectivity index (χ1v) is 10.8. The summed E-state index contributed by atoms with van der Waals surface area (Å²) in [6.07, 6.45) is 9.34. The van der Waals surface area contributed by atoms with Crippen molar-refractivity contribution < 1.29 is 14.3 Å². The third kappa shape index (κ3) is 5.76. The van der Waals surface area contributed by atoms with Gasteiger partial charge in [-0.3, -0.25) is 0 Å². The van der Waals surface area contributed by atoms with Crippen molar-refractivity contribution in [2.45, 2.75) is 77.9 Å². The van der Waals surface area contributed by atoms with E-state index < -0.39 is 5.60 Å². The van der Waals surface area contributed by atoms with Crippen LogP contribution < -0.4 is 4.74 Å². The Bertz CT molecular complexity index is 679. The van der Waals surface area contributed by atoms with E-state index in [1.54, 1.807) is 4.90 Å². The Labute approximate surface area is 169 Å². The molecular formula is C24H35NO3. The predicted molar refractivity (Wildman–Crippen MR) is 114 cm³/mol. The van der Waals surface area contributed by atoms with Crippen molar-refractivity contribution in [2.75, 3.05) is 13.1 Å².